The molecule has 0 unspecified atom stereocenters. The summed E-state index contributed by atoms with van der Waals surface area (Å²) in [6, 6.07) is 0. The monoisotopic (exact) mass is 276 g/mol. The molecule has 0 aliphatic carbocycles. The molecule has 1 aromatic heterocycles. The van der Waals surface area contributed by atoms with Crippen molar-refractivity contribution in [3.05, 3.63) is 14.9 Å². The number of rotatable bonds is 2. The van der Waals surface area contributed by atoms with Crippen LogP contribution in [0.4, 0.5) is 0 Å². The van der Waals surface area contributed by atoms with Crippen LogP contribution in [0.25, 0.3) is 0 Å². The van der Waals surface area contributed by atoms with Crippen molar-refractivity contribution in [3.8, 4) is 0 Å². The van der Waals surface area contributed by atoms with Gasteiger partial charge in [0.15, 0.2) is 4.21 Å². The summed E-state index contributed by atoms with van der Waals surface area (Å²) in [4.78, 5) is 10.6. The van der Waals surface area contributed by atoms with E-state index in [0.29, 0.717) is 11.3 Å². The third kappa shape index (κ3) is 2.01. The van der Waals surface area contributed by atoms with Gasteiger partial charge in [-0.2, -0.15) is 8.42 Å². The van der Waals surface area contributed by atoms with Crippen LogP contribution < -0.4 is 0 Å². The Kier molecular flexibility index (Phi) is 3.07. The van der Waals surface area contributed by atoms with Gasteiger partial charge in [-0.15, -0.1) is 11.3 Å². The van der Waals surface area contributed by atoms with Gasteiger partial charge in [-0.05, 0) is 0 Å². The lowest BCUT2D eigenvalue weighted by Crippen LogP contribution is -2.04. The molecule has 78 valence electrons. The summed E-state index contributed by atoms with van der Waals surface area (Å²) >= 11 is 11.3. The lowest BCUT2D eigenvalue weighted by Gasteiger charge is -1.94. The van der Waals surface area contributed by atoms with Crippen LogP contribution in [-0.4, -0.2) is 24.0 Å². The van der Waals surface area contributed by atoms with Crippen molar-refractivity contribution >= 4 is 50.6 Å². The fourth-order valence-corrected chi connectivity index (χ4v) is 3.36. The molecule has 0 atom stereocenters. The van der Waals surface area contributed by atoms with E-state index in [1.54, 1.807) is 0 Å². The molecular formula is C5H2Cl2O5S2. The van der Waals surface area contributed by atoms with E-state index in [2.05, 4.69) is 0 Å². The molecule has 0 saturated carbocycles. The van der Waals surface area contributed by atoms with Gasteiger partial charge in [0, 0.05) is 0 Å². The average Bonchev–Trinajstić information content (AvgIpc) is 2.27. The maximum atomic E-state index is 10.7. The first kappa shape index (κ1) is 11.7. The van der Waals surface area contributed by atoms with Crippen molar-refractivity contribution in [2.45, 2.75) is 4.21 Å². The molecule has 14 heavy (non-hydrogen) atoms. The van der Waals surface area contributed by atoms with Gasteiger partial charge in [-0.25, -0.2) is 4.79 Å². The highest BCUT2D eigenvalue weighted by atomic mass is 35.5. The van der Waals surface area contributed by atoms with E-state index < -0.39 is 30.9 Å². The van der Waals surface area contributed by atoms with Crippen molar-refractivity contribution in [1.29, 1.82) is 0 Å². The van der Waals surface area contributed by atoms with Crippen LogP contribution in [-0.2, 0) is 10.1 Å². The predicted octanol–water partition coefficient (Wildman–Crippen LogP) is 2.00. The summed E-state index contributed by atoms with van der Waals surface area (Å²) in [6.45, 7) is 0. The molecule has 1 aromatic rings. The second-order valence-corrected chi connectivity index (χ2v) is 5.75. The zero-order chi connectivity index (χ0) is 11.1. The molecule has 0 aliphatic rings. The van der Waals surface area contributed by atoms with E-state index in [0.717, 1.165) is 0 Å². The third-order valence-electron chi connectivity index (χ3n) is 1.23. The maximum Gasteiger partial charge on any atom is 0.339 e. The van der Waals surface area contributed by atoms with Crippen LogP contribution in [0.5, 0.6) is 0 Å². The molecule has 0 spiro atoms. The quantitative estimate of drug-likeness (QED) is 0.806. The highest BCUT2D eigenvalue weighted by molar-refractivity contribution is 7.88. The molecule has 0 radical (unpaired) electrons. The molecule has 0 fully saturated rings. The summed E-state index contributed by atoms with van der Waals surface area (Å²) in [5.41, 5.74) is -0.704. The highest BCUT2D eigenvalue weighted by Gasteiger charge is 2.28. The first-order chi connectivity index (χ1) is 6.25. The number of aromatic carboxylic acids is 1. The zero-order valence-corrected chi connectivity index (χ0v) is 9.34. The number of thiophene rings is 1. The fourth-order valence-electron chi connectivity index (χ4n) is 0.728. The largest absolute Gasteiger partial charge is 0.478 e. The molecule has 2 N–H and O–H groups in total. The summed E-state index contributed by atoms with van der Waals surface area (Å²) in [7, 11) is -4.61. The van der Waals surface area contributed by atoms with E-state index in [1.807, 2.05) is 0 Å². The van der Waals surface area contributed by atoms with Crippen molar-refractivity contribution < 1.29 is 22.9 Å². The summed E-state index contributed by atoms with van der Waals surface area (Å²) in [5, 5.41) is 8.22. The Hall–Kier alpha value is -0.340. The Balaban J connectivity index is 3.62. The summed E-state index contributed by atoms with van der Waals surface area (Å²) < 4.78 is 29.1. The molecule has 9 heteroatoms. The zero-order valence-electron chi connectivity index (χ0n) is 6.19. The van der Waals surface area contributed by atoms with Crippen molar-refractivity contribution in [3.63, 3.8) is 0 Å². The summed E-state index contributed by atoms with van der Waals surface area (Å²) in [5.74, 6) is -1.56. The summed E-state index contributed by atoms with van der Waals surface area (Å²) in [6.07, 6.45) is 0. The van der Waals surface area contributed by atoms with Gasteiger partial charge in [0.1, 0.15) is 9.90 Å². The number of carboxylic acid groups (broad SMARTS) is 1. The number of hydrogen-bond acceptors (Lipinski definition) is 4. The second kappa shape index (κ2) is 3.67. The highest BCUT2D eigenvalue weighted by Crippen LogP contribution is 2.39. The van der Waals surface area contributed by atoms with Gasteiger partial charge in [0.05, 0.1) is 5.02 Å². The first-order valence-corrected chi connectivity index (χ1v) is 5.95. The maximum absolute atomic E-state index is 10.7. The predicted molar refractivity (Wildman–Crippen MR) is 51.1 cm³/mol. The van der Waals surface area contributed by atoms with Crippen molar-refractivity contribution in [1.82, 2.24) is 0 Å². The Morgan fingerprint density at radius 2 is 1.86 bits per heavy atom. The van der Waals surface area contributed by atoms with E-state index in [1.165, 1.54) is 0 Å². The minimum atomic E-state index is -4.61. The molecule has 0 amide bonds. The van der Waals surface area contributed by atoms with Crippen LogP contribution >= 0.6 is 34.5 Å². The molecule has 1 heterocycles. The number of carboxylic acids is 1. The minimum Gasteiger partial charge on any atom is -0.478 e. The second-order valence-electron chi connectivity index (χ2n) is 2.13. The Morgan fingerprint density at radius 1 is 1.36 bits per heavy atom. The minimum absolute atomic E-state index is 0.198. The van der Waals surface area contributed by atoms with Crippen LogP contribution in [0, 0.1) is 0 Å². The SMILES string of the molecule is O=C(O)c1c(S(=O)(=O)O)sc(Cl)c1Cl. The average molecular weight is 277 g/mol. The number of carbonyl (C=O) groups is 1. The van der Waals surface area contributed by atoms with E-state index in [4.69, 9.17) is 32.9 Å². The normalized spacial score (nSPS) is 11.6. The number of halogens is 2. The molecule has 0 aromatic carbocycles. The Morgan fingerprint density at radius 3 is 2.14 bits per heavy atom. The van der Waals surface area contributed by atoms with Gasteiger partial charge in [-0.1, -0.05) is 23.2 Å². The van der Waals surface area contributed by atoms with Crippen LogP contribution in [0.2, 0.25) is 9.36 Å². The molecule has 1 rings (SSSR count). The van der Waals surface area contributed by atoms with Crippen molar-refractivity contribution in [2.75, 3.05) is 0 Å². The van der Waals surface area contributed by atoms with E-state index in [-0.39, 0.29) is 4.34 Å². The molecule has 5 nitrogen and oxygen atoms in total. The van der Waals surface area contributed by atoms with Crippen molar-refractivity contribution in [2.24, 2.45) is 0 Å². The lowest BCUT2D eigenvalue weighted by molar-refractivity contribution is 0.0693. The fraction of sp³-hybridized carbons (Fsp3) is 0. The lowest BCUT2D eigenvalue weighted by atomic mass is 10.3. The Bertz CT molecular complexity index is 488. The van der Waals surface area contributed by atoms with Gasteiger partial charge in [0.2, 0.25) is 0 Å². The Labute approximate surface area is 92.6 Å². The topological polar surface area (TPSA) is 91.7 Å². The standard InChI is InChI=1S/C5H2Cl2O5S2/c6-2-1(4(8)9)5(13-3(2)7)14(10,11)12/h(H,8,9)(H,10,11,12). The van der Waals surface area contributed by atoms with Gasteiger partial charge in [0.25, 0.3) is 0 Å². The molecule has 0 saturated heterocycles. The van der Waals surface area contributed by atoms with Crippen LogP contribution in [0.1, 0.15) is 10.4 Å². The third-order valence-corrected chi connectivity index (χ3v) is 4.56. The van der Waals surface area contributed by atoms with E-state index >= 15 is 0 Å². The van der Waals surface area contributed by atoms with Gasteiger partial charge < -0.3 is 5.11 Å². The van der Waals surface area contributed by atoms with Gasteiger partial charge >= 0.3 is 16.1 Å². The van der Waals surface area contributed by atoms with Crippen LogP contribution in [0.3, 0.4) is 0 Å². The molecule has 0 bridgehead atoms. The van der Waals surface area contributed by atoms with E-state index in [9.17, 15) is 13.2 Å². The number of hydrogen-bond donors (Lipinski definition) is 2. The van der Waals surface area contributed by atoms with Gasteiger partial charge in [-0.3, -0.25) is 4.55 Å². The molecular weight excluding hydrogens is 275 g/mol. The first-order valence-electron chi connectivity index (χ1n) is 2.93. The molecule has 0 aliphatic heterocycles. The smallest absolute Gasteiger partial charge is 0.339 e. The van der Waals surface area contributed by atoms with Crippen LogP contribution in [0.15, 0.2) is 4.21 Å².